The van der Waals surface area contributed by atoms with Crippen molar-refractivity contribution >= 4 is 52.7 Å². The number of benzene rings is 3. The number of hydrogen-bond acceptors (Lipinski definition) is 8. The fourth-order valence-corrected chi connectivity index (χ4v) is 9.09. The number of aromatic nitrogens is 2. The third-order valence-electron chi connectivity index (χ3n) is 12.5. The standard InChI is InChI=1S/C49H60ClFN8O7/c1-30(2)33(19-20-53-44(61)28-59-42-18-17-34(50)24-37(42)46(54-27-45(59)62)36-15-9-10-16-38(36)51)23-43(60)39(21-31-11-5-3-6-12-31)56-48(64)41(25-35-26-52-29-55-35)57-47(63)40(58-49(65)66)22-32-13-7-4-8-14-32/h4,7-10,13-18,24,26,29-31,33,39-41,43,58,60H,3,5-6,11-12,19-23,25,27-28H2,1-2H3,(H,52,55)(H,53,61)(H,56,64)(H,57,63)(H,65,66)/t33-,39-,40-,41-,43+/m0/s1. The van der Waals surface area contributed by atoms with Crippen molar-refractivity contribution in [2.45, 2.75) is 102 Å². The number of aliphatic imine (C=N–C) groups is 1. The van der Waals surface area contributed by atoms with Crippen LogP contribution in [-0.2, 0) is 32.0 Å². The van der Waals surface area contributed by atoms with Gasteiger partial charge in [-0.25, -0.2) is 14.2 Å². The quantitative estimate of drug-likeness (QED) is 0.0527. The van der Waals surface area contributed by atoms with Crippen LogP contribution in [0.4, 0.5) is 14.9 Å². The van der Waals surface area contributed by atoms with Crippen LogP contribution in [0.2, 0.25) is 5.02 Å². The number of fused-ring (bicyclic) bond motifs is 1. The highest BCUT2D eigenvalue weighted by Gasteiger charge is 2.34. The molecule has 1 saturated carbocycles. The number of rotatable bonds is 21. The molecule has 0 unspecified atom stereocenters. The maximum absolute atomic E-state index is 15.0. The van der Waals surface area contributed by atoms with Crippen LogP contribution < -0.4 is 26.2 Å². The average molecular weight is 928 g/mol. The van der Waals surface area contributed by atoms with Crippen LogP contribution in [0, 0.1) is 23.6 Å². The number of aliphatic hydroxyl groups is 1. The van der Waals surface area contributed by atoms with Crippen molar-refractivity contribution in [3.8, 4) is 0 Å². The van der Waals surface area contributed by atoms with E-state index in [1.165, 1.54) is 17.3 Å². The Kier molecular flexibility index (Phi) is 17.8. The SMILES string of the molecule is CC(C)[C@@H](CCNC(=O)CN1C(=O)CN=C(c2ccccc2F)c2cc(Cl)ccc21)C[C@@H](O)[C@H](CC1CCCCC1)NC(=O)[C@H](Cc1cnc[nH]1)NC(=O)[C@H](Cc1ccccc1)NC(=O)O. The molecule has 1 aliphatic carbocycles. The van der Waals surface area contributed by atoms with Crippen molar-refractivity contribution in [3.63, 3.8) is 0 Å². The van der Waals surface area contributed by atoms with Gasteiger partial charge in [-0.3, -0.25) is 24.2 Å². The summed E-state index contributed by atoms with van der Waals surface area (Å²) in [6, 6.07) is 16.9. The Morgan fingerprint density at radius 1 is 0.909 bits per heavy atom. The summed E-state index contributed by atoms with van der Waals surface area (Å²) in [5, 5.41) is 33.1. The molecule has 66 heavy (non-hydrogen) atoms. The predicted octanol–water partition coefficient (Wildman–Crippen LogP) is 5.98. The van der Waals surface area contributed by atoms with E-state index in [1.54, 1.807) is 66.9 Å². The molecule has 0 spiro atoms. The molecule has 0 radical (unpaired) electrons. The molecule has 2 heterocycles. The van der Waals surface area contributed by atoms with Crippen LogP contribution in [0.15, 0.2) is 90.3 Å². The molecule has 0 bridgehead atoms. The van der Waals surface area contributed by atoms with E-state index >= 15 is 0 Å². The normalized spacial score (nSPS) is 16.5. The average Bonchev–Trinajstić information content (AvgIpc) is 3.77. The Morgan fingerprint density at radius 3 is 2.32 bits per heavy atom. The highest BCUT2D eigenvalue weighted by Crippen LogP contribution is 2.32. The van der Waals surface area contributed by atoms with Gasteiger partial charge in [0.15, 0.2) is 0 Å². The number of carbonyl (C=O) groups is 5. The number of nitrogens with one attached hydrogen (secondary N) is 5. The minimum Gasteiger partial charge on any atom is -0.465 e. The molecule has 1 aromatic heterocycles. The van der Waals surface area contributed by atoms with Gasteiger partial charge in [0.25, 0.3) is 0 Å². The van der Waals surface area contributed by atoms with Gasteiger partial charge in [-0.15, -0.1) is 0 Å². The molecular weight excluding hydrogens is 867 g/mol. The summed E-state index contributed by atoms with van der Waals surface area (Å²) in [6.07, 6.45) is 7.20. The molecule has 4 aromatic rings. The topological polar surface area (TPSA) is 218 Å². The molecule has 1 fully saturated rings. The van der Waals surface area contributed by atoms with Gasteiger partial charge in [0.1, 0.15) is 31.0 Å². The predicted molar refractivity (Wildman–Crippen MR) is 250 cm³/mol. The number of amides is 5. The van der Waals surface area contributed by atoms with Gasteiger partial charge in [0.05, 0.1) is 29.9 Å². The van der Waals surface area contributed by atoms with E-state index in [0.717, 1.165) is 37.7 Å². The van der Waals surface area contributed by atoms with Crippen LogP contribution in [0.25, 0.3) is 0 Å². The number of halogens is 2. The highest BCUT2D eigenvalue weighted by atomic mass is 35.5. The molecular formula is C49H60ClFN8O7. The largest absolute Gasteiger partial charge is 0.465 e. The lowest BCUT2D eigenvalue weighted by atomic mass is 9.80. The van der Waals surface area contributed by atoms with Crippen LogP contribution in [0.1, 0.15) is 87.6 Å². The molecule has 1 aliphatic heterocycles. The summed E-state index contributed by atoms with van der Waals surface area (Å²) >= 11 is 6.36. The van der Waals surface area contributed by atoms with E-state index in [0.29, 0.717) is 41.2 Å². The number of carbonyl (C=O) groups excluding carboxylic acids is 4. The van der Waals surface area contributed by atoms with Crippen LogP contribution in [0.3, 0.4) is 0 Å². The van der Waals surface area contributed by atoms with Crippen molar-refractivity contribution in [2.24, 2.45) is 22.7 Å². The van der Waals surface area contributed by atoms with Crippen molar-refractivity contribution in [2.75, 3.05) is 24.5 Å². The lowest BCUT2D eigenvalue weighted by Gasteiger charge is -2.34. The summed E-state index contributed by atoms with van der Waals surface area (Å²) in [7, 11) is 0. The first-order chi connectivity index (χ1) is 31.7. The molecule has 0 saturated heterocycles. The monoisotopic (exact) mass is 926 g/mol. The number of aliphatic hydroxyl groups excluding tert-OH is 1. The zero-order valence-corrected chi connectivity index (χ0v) is 38.1. The first kappa shape index (κ1) is 49.3. The van der Waals surface area contributed by atoms with Gasteiger partial charge in [-0.2, -0.15) is 0 Å². The van der Waals surface area contributed by atoms with Gasteiger partial charge in [0, 0.05) is 47.4 Å². The summed E-state index contributed by atoms with van der Waals surface area (Å²) in [5.74, 6) is -2.32. The molecule has 3 aromatic carbocycles. The molecule has 352 valence electrons. The lowest BCUT2D eigenvalue weighted by Crippen LogP contribution is -2.57. The van der Waals surface area contributed by atoms with Gasteiger partial charge in [-0.05, 0) is 72.9 Å². The Bertz CT molecular complexity index is 2310. The van der Waals surface area contributed by atoms with Gasteiger partial charge in [-0.1, -0.05) is 100 Å². The number of carboxylic acid groups (broad SMARTS) is 1. The van der Waals surface area contributed by atoms with E-state index in [1.807, 2.05) is 19.9 Å². The van der Waals surface area contributed by atoms with Crippen LogP contribution in [0.5, 0.6) is 0 Å². The molecule has 17 heteroatoms. The highest BCUT2D eigenvalue weighted by molar-refractivity contribution is 6.32. The summed E-state index contributed by atoms with van der Waals surface area (Å²) in [6.45, 7) is 3.70. The maximum atomic E-state index is 15.0. The van der Waals surface area contributed by atoms with Crippen molar-refractivity contribution < 1.29 is 38.6 Å². The Morgan fingerprint density at radius 2 is 1.62 bits per heavy atom. The van der Waals surface area contributed by atoms with E-state index in [-0.39, 0.29) is 61.5 Å². The Hall–Kier alpha value is -6.13. The fourth-order valence-electron chi connectivity index (χ4n) is 8.92. The first-order valence-corrected chi connectivity index (χ1v) is 23.1. The van der Waals surface area contributed by atoms with Crippen molar-refractivity contribution in [3.05, 3.63) is 119 Å². The van der Waals surface area contributed by atoms with E-state index < -0.39 is 59.8 Å². The molecule has 5 atom stereocenters. The third kappa shape index (κ3) is 13.9. The Labute approximate surface area is 389 Å². The molecule has 6 rings (SSSR count). The number of hydrogen-bond donors (Lipinski definition) is 7. The number of H-pyrrole nitrogens is 1. The molecule has 2 aliphatic rings. The van der Waals surface area contributed by atoms with Crippen molar-refractivity contribution in [1.82, 2.24) is 31.2 Å². The van der Waals surface area contributed by atoms with Gasteiger partial charge < -0.3 is 41.4 Å². The zero-order valence-electron chi connectivity index (χ0n) is 37.3. The number of imidazole rings is 1. The second-order valence-electron chi connectivity index (χ2n) is 17.6. The minimum absolute atomic E-state index is 0.0331. The number of aromatic amines is 1. The maximum Gasteiger partial charge on any atom is 0.405 e. The number of anilines is 1. The summed E-state index contributed by atoms with van der Waals surface area (Å²) in [5.41, 5.74) is 2.57. The van der Waals surface area contributed by atoms with E-state index in [2.05, 4.69) is 36.2 Å². The molecule has 7 N–H and O–H groups in total. The van der Waals surface area contributed by atoms with Gasteiger partial charge in [0.2, 0.25) is 23.6 Å². The molecule has 15 nitrogen and oxygen atoms in total. The minimum atomic E-state index is -1.38. The van der Waals surface area contributed by atoms with E-state index in [9.17, 15) is 38.6 Å². The second-order valence-corrected chi connectivity index (χ2v) is 18.1. The Balaban J connectivity index is 1.12. The lowest BCUT2D eigenvalue weighted by molar-refractivity contribution is -0.131. The molecule has 5 amide bonds. The van der Waals surface area contributed by atoms with Crippen molar-refractivity contribution in [1.29, 1.82) is 0 Å². The summed E-state index contributed by atoms with van der Waals surface area (Å²) in [4.78, 5) is 79.6. The third-order valence-corrected chi connectivity index (χ3v) is 12.8. The first-order valence-electron chi connectivity index (χ1n) is 22.7. The van der Waals surface area contributed by atoms with Crippen LogP contribution in [-0.4, -0.2) is 99.5 Å². The fraction of sp³-hybridized carbons (Fsp3) is 0.449. The zero-order chi connectivity index (χ0) is 47.2. The summed E-state index contributed by atoms with van der Waals surface area (Å²) < 4.78 is 15.0. The second kappa shape index (κ2) is 23.9. The smallest absolute Gasteiger partial charge is 0.405 e. The van der Waals surface area contributed by atoms with E-state index in [4.69, 9.17) is 11.6 Å². The van der Waals surface area contributed by atoms with Crippen LogP contribution >= 0.6 is 11.6 Å². The number of nitrogens with zero attached hydrogens (tertiary/aromatic N) is 3. The van der Waals surface area contributed by atoms with Gasteiger partial charge >= 0.3 is 6.09 Å². The number of benzodiazepines with no additional fused rings is 1.